The minimum absolute atomic E-state index is 0.227. The van der Waals surface area contributed by atoms with E-state index in [4.69, 9.17) is 9.47 Å². The molecule has 2 N–H and O–H groups in total. The van der Waals surface area contributed by atoms with Gasteiger partial charge >= 0.3 is 0 Å². The zero-order valence-corrected chi connectivity index (χ0v) is 16.9. The molecule has 4 nitrogen and oxygen atoms in total. The molecule has 2 unspecified atom stereocenters. The van der Waals surface area contributed by atoms with Gasteiger partial charge < -0.3 is 19.9 Å². The summed E-state index contributed by atoms with van der Waals surface area (Å²) in [7, 11) is 1.74. The number of rotatable bonds is 10. The molecule has 4 heteroatoms. The molecule has 1 saturated heterocycles. The molecule has 1 aliphatic heterocycles. The molecule has 0 amide bonds. The van der Waals surface area contributed by atoms with E-state index in [1.165, 1.54) is 25.7 Å². The predicted molar refractivity (Wildman–Crippen MR) is 109 cm³/mol. The molecule has 0 radical (unpaired) electrons. The molecule has 27 heavy (non-hydrogen) atoms. The summed E-state index contributed by atoms with van der Waals surface area (Å²) >= 11 is 0. The summed E-state index contributed by atoms with van der Waals surface area (Å²) in [4.78, 5) is 0. The monoisotopic (exact) mass is 375 g/mol. The quantitative estimate of drug-likeness (QED) is 0.600. The highest BCUT2D eigenvalue weighted by atomic mass is 16.5. The van der Waals surface area contributed by atoms with Crippen LogP contribution >= 0.6 is 0 Å². The molecule has 0 spiro atoms. The second-order valence-electron chi connectivity index (χ2n) is 8.38. The maximum absolute atomic E-state index is 11.9. The first-order chi connectivity index (χ1) is 13.2. The van der Waals surface area contributed by atoms with Gasteiger partial charge in [0.2, 0.25) is 0 Å². The highest BCUT2D eigenvalue weighted by Crippen LogP contribution is 2.42. The van der Waals surface area contributed by atoms with E-state index in [0.717, 1.165) is 69.7 Å². The van der Waals surface area contributed by atoms with E-state index in [1.807, 2.05) is 18.2 Å². The van der Waals surface area contributed by atoms with Crippen LogP contribution in [0.25, 0.3) is 0 Å². The number of hydrogen-bond donors (Lipinski definition) is 2. The number of hydrogen-bond acceptors (Lipinski definition) is 4. The van der Waals surface area contributed by atoms with Crippen LogP contribution in [-0.4, -0.2) is 38.5 Å². The van der Waals surface area contributed by atoms with E-state index < -0.39 is 5.60 Å². The Hall–Kier alpha value is -1.10. The van der Waals surface area contributed by atoms with Crippen molar-refractivity contribution in [1.29, 1.82) is 0 Å². The molecule has 1 aromatic carbocycles. The average molecular weight is 376 g/mol. The molecule has 3 rings (SSSR count). The number of methoxy groups -OCH3 is 1. The maximum Gasteiger partial charge on any atom is 0.125 e. The summed E-state index contributed by atoms with van der Waals surface area (Å²) < 4.78 is 11.5. The van der Waals surface area contributed by atoms with Gasteiger partial charge in [-0.1, -0.05) is 31.0 Å². The van der Waals surface area contributed by atoms with Gasteiger partial charge in [0.05, 0.1) is 12.2 Å². The van der Waals surface area contributed by atoms with Crippen molar-refractivity contribution in [3.8, 4) is 5.75 Å². The Kier molecular flexibility index (Phi) is 7.98. The summed E-state index contributed by atoms with van der Waals surface area (Å²) in [6, 6.07) is 8.18. The number of benzene rings is 1. The normalized spacial score (nSPS) is 23.3. The lowest BCUT2D eigenvalue weighted by atomic mass is 9.74. The van der Waals surface area contributed by atoms with Crippen LogP contribution in [0.2, 0.25) is 0 Å². The minimum atomic E-state index is -0.840. The zero-order valence-electron chi connectivity index (χ0n) is 16.9. The molecule has 1 heterocycles. The van der Waals surface area contributed by atoms with Gasteiger partial charge in [0.25, 0.3) is 0 Å². The van der Waals surface area contributed by atoms with Crippen molar-refractivity contribution in [1.82, 2.24) is 5.32 Å². The van der Waals surface area contributed by atoms with Crippen molar-refractivity contribution in [2.45, 2.75) is 63.4 Å². The third-order valence-corrected chi connectivity index (χ3v) is 6.43. The van der Waals surface area contributed by atoms with Gasteiger partial charge in [-0.3, -0.25) is 0 Å². The van der Waals surface area contributed by atoms with Crippen LogP contribution in [0.4, 0.5) is 0 Å². The number of para-hydroxylation sites is 1. The van der Waals surface area contributed by atoms with Gasteiger partial charge in [-0.25, -0.2) is 0 Å². The summed E-state index contributed by atoms with van der Waals surface area (Å²) in [5.74, 6) is 1.78. The first-order valence-electron chi connectivity index (χ1n) is 10.9. The summed E-state index contributed by atoms with van der Waals surface area (Å²) in [5, 5.41) is 15.4. The van der Waals surface area contributed by atoms with Crippen molar-refractivity contribution >= 4 is 0 Å². The molecule has 0 aromatic heterocycles. The summed E-state index contributed by atoms with van der Waals surface area (Å²) in [6.07, 6.45) is 10.1. The van der Waals surface area contributed by atoms with Gasteiger partial charge in [-0.05, 0) is 63.5 Å². The molecular weight excluding hydrogens is 338 g/mol. The lowest BCUT2D eigenvalue weighted by molar-refractivity contribution is -0.0454. The third kappa shape index (κ3) is 5.46. The number of unbranched alkanes of at least 4 members (excludes halogenated alkanes) is 1. The smallest absolute Gasteiger partial charge is 0.125 e. The number of ether oxygens (including phenoxy) is 2. The van der Waals surface area contributed by atoms with E-state index in [9.17, 15) is 5.11 Å². The Morgan fingerprint density at radius 3 is 2.67 bits per heavy atom. The van der Waals surface area contributed by atoms with Gasteiger partial charge in [-0.2, -0.15) is 0 Å². The molecule has 2 aliphatic rings. The van der Waals surface area contributed by atoms with Crippen molar-refractivity contribution < 1.29 is 14.6 Å². The fraction of sp³-hybridized carbons (Fsp3) is 0.739. The van der Waals surface area contributed by atoms with Crippen molar-refractivity contribution in [2.75, 3.05) is 33.4 Å². The number of aliphatic hydroxyl groups is 1. The van der Waals surface area contributed by atoms with Crippen LogP contribution in [0.1, 0.15) is 63.4 Å². The second-order valence-corrected chi connectivity index (χ2v) is 8.38. The van der Waals surface area contributed by atoms with Crippen molar-refractivity contribution in [2.24, 2.45) is 11.8 Å². The molecule has 152 valence electrons. The molecule has 2 atom stereocenters. The lowest BCUT2D eigenvalue weighted by Gasteiger charge is -2.40. The van der Waals surface area contributed by atoms with Gasteiger partial charge in [0.1, 0.15) is 5.75 Å². The second kappa shape index (κ2) is 10.4. The van der Waals surface area contributed by atoms with Crippen LogP contribution in [-0.2, 0) is 10.3 Å². The average Bonchev–Trinajstić information content (AvgIpc) is 3.24. The molecule has 1 saturated carbocycles. The molecule has 1 aliphatic carbocycles. The van der Waals surface area contributed by atoms with Crippen molar-refractivity contribution in [3.63, 3.8) is 0 Å². The molecular formula is C23H37NO3. The fourth-order valence-electron chi connectivity index (χ4n) is 4.79. The van der Waals surface area contributed by atoms with E-state index in [1.54, 1.807) is 7.11 Å². The predicted octanol–water partition coefficient (Wildman–Crippen LogP) is 4.26. The molecule has 2 fully saturated rings. The highest BCUT2D eigenvalue weighted by molar-refractivity contribution is 5.39. The minimum Gasteiger partial charge on any atom is -0.493 e. The van der Waals surface area contributed by atoms with Gasteiger partial charge in [0, 0.05) is 31.7 Å². The zero-order chi connectivity index (χ0) is 19.0. The first kappa shape index (κ1) is 20.6. The maximum atomic E-state index is 11.9. The van der Waals surface area contributed by atoms with Crippen LogP contribution in [0.5, 0.6) is 5.75 Å². The van der Waals surface area contributed by atoms with Crippen LogP contribution in [0, 0.1) is 11.8 Å². The Bertz CT molecular complexity index is 552. The topological polar surface area (TPSA) is 50.7 Å². The van der Waals surface area contributed by atoms with Gasteiger partial charge in [-0.15, -0.1) is 0 Å². The number of nitrogens with one attached hydrogen (secondary N) is 1. The van der Waals surface area contributed by atoms with Crippen LogP contribution in [0.15, 0.2) is 24.3 Å². The SMILES string of the molecule is COCCCCC(O)(c1ccccc1OCC1CCCC1)C1CCCNC1. The van der Waals surface area contributed by atoms with E-state index in [2.05, 4.69) is 11.4 Å². The summed E-state index contributed by atoms with van der Waals surface area (Å²) in [6.45, 7) is 3.45. The van der Waals surface area contributed by atoms with Crippen LogP contribution < -0.4 is 10.1 Å². The van der Waals surface area contributed by atoms with E-state index >= 15 is 0 Å². The number of piperidine rings is 1. The van der Waals surface area contributed by atoms with Crippen molar-refractivity contribution in [3.05, 3.63) is 29.8 Å². The van der Waals surface area contributed by atoms with Crippen LogP contribution in [0.3, 0.4) is 0 Å². The largest absolute Gasteiger partial charge is 0.493 e. The third-order valence-electron chi connectivity index (χ3n) is 6.43. The Morgan fingerprint density at radius 1 is 1.11 bits per heavy atom. The lowest BCUT2D eigenvalue weighted by Crippen LogP contribution is -2.44. The fourth-order valence-corrected chi connectivity index (χ4v) is 4.79. The Balaban J connectivity index is 1.77. The van der Waals surface area contributed by atoms with E-state index in [-0.39, 0.29) is 5.92 Å². The van der Waals surface area contributed by atoms with Gasteiger partial charge in [0.15, 0.2) is 0 Å². The Morgan fingerprint density at radius 2 is 1.93 bits per heavy atom. The van der Waals surface area contributed by atoms with E-state index in [0.29, 0.717) is 5.92 Å². The first-order valence-corrected chi connectivity index (χ1v) is 10.9. The Labute approximate surface area is 164 Å². The molecule has 1 aromatic rings. The molecule has 0 bridgehead atoms. The highest BCUT2D eigenvalue weighted by Gasteiger charge is 2.40. The summed E-state index contributed by atoms with van der Waals surface area (Å²) in [5.41, 5.74) is 0.141. The standard InChI is InChI=1S/C23H37NO3/c1-26-16-7-6-14-23(25,20-11-8-15-24-17-20)21-12-4-5-13-22(21)27-18-19-9-2-3-10-19/h4-5,12-13,19-20,24-25H,2-3,6-11,14-18H2,1H3.